The van der Waals surface area contributed by atoms with E-state index in [-0.39, 0.29) is 0 Å². The van der Waals surface area contributed by atoms with Gasteiger partial charge in [-0.1, -0.05) is 6.42 Å². The van der Waals surface area contributed by atoms with Gasteiger partial charge in [-0.2, -0.15) is 11.8 Å². The number of nitrogens with one attached hydrogen (secondary N) is 1. The lowest BCUT2D eigenvalue weighted by Gasteiger charge is -2.32. The molecular weight excluding hydrogens is 232 g/mol. The van der Waals surface area contributed by atoms with Gasteiger partial charge in [0.2, 0.25) is 0 Å². The Hall–Kier alpha value is 0.230. The number of ether oxygens (including phenoxy) is 1. The van der Waals surface area contributed by atoms with Crippen LogP contribution in [0.3, 0.4) is 0 Å². The molecule has 102 valence electrons. The predicted octanol–water partition coefficient (Wildman–Crippen LogP) is 2.00. The third-order valence-corrected chi connectivity index (χ3v) is 4.65. The van der Waals surface area contributed by atoms with Crippen LogP contribution in [0.15, 0.2) is 0 Å². The largest absolute Gasteiger partial charge is 0.383 e. The predicted molar refractivity (Wildman–Crippen MR) is 76.6 cm³/mol. The van der Waals surface area contributed by atoms with Crippen LogP contribution in [0.4, 0.5) is 0 Å². The first-order valence-electron chi connectivity index (χ1n) is 6.78. The third-order valence-electron chi connectivity index (χ3n) is 3.56. The van der Waals surface area contributed by atoms with Gasteiger partial charge < -0.3 is 15.8 Å². The maximum Gasteiger partial charge on any atom is 0.0615 e. The number of rotatable bonds is 8. The summed E-state index contributed by atoms with van der Waals surface area (Å²) in [5.41, 5.74) is 5.58. The van der Waals surface area contributed by atoms with E-state index in [4.69, 9.17) is 10.5 Å². The van der Waals surface area contributed by atoms with Crippen LogP contribution in [0.1, 0.15) is 38.5 Å². The molecule has 1 aliphatic rings. The van der Waals surface area contributed by atoms with E-state index in [1.807, 2.05) is 11.8 Å². The standard InChI is InChI=1S/C13H28N2OS/c1-16-10-12(6-4-8-14)15-11-5-3-7-13(9-11)17-2/h11-13,15H,3-10,14H2,1-2H3. The Bertz CT molecular complexity index is 190. The van der Waals surface area contributed by atoms with Gasteiger partial charge >= 0.3 is 0 Å². The van der Waals surface area contributed by atoms with Gasteiger partial charge in [-0.25, -0.2) is 0 Å². The highest BCUT2D eigenvalue weighted by Crippen LogP contribution is 2.27. The van der Waals surface area contributed by atoms with Crippen LogP contribution in [0.5, 0.6) is 0 Å². The van der Waals surface area contributed by atoms with Gasteiger partial charge in [0.15, 0.2) is 0 Å². The van der Waals surface area contributed by atoms with Crippen molar-refractivity contribution in [2.75, 3.05) is 26.5 Å². The van der Waals surface area contributed by atoms with Crippen molar-refractivity contribution in [3.8, 4) is 0 Å². The lowest BCUT2D eigenvalue weighted by Crippen LogP contribution is -2.44. The second-order valence-corrected chi connectivity index (χ2v) is 6.11. The minimum atomic E-state index is 0.481. The molecule has 1 saturated carbocycles. The molecule has 0 aromatic rings. The molecule has 0 bridgehead atoms. The number of thioether (sulfide) groups is 1. The molecule has 1 aliphatic carbocycles. The molecule has 1 rings (SSSR count). The van der Waals surface area contributed by atoms with Gasteiger partial charge in [-0.05, 0) is 44.9 Å². The highest BCUT2D eigenvalue weighted by molar-refractivity contribution is 7.99. The smallest absolute Gasteiger partial charge is 0.0615 e. The second-order valence-electron chi connectivity index (χ2n) is 4.97. The van der Waals surface area contributed by atoms with Crippen molar-refractivity contribution in [1.82, 2.24) is 5.32 Å². The van der Waals surface area contributed by atoms with Crippen molar-refractivity contribution in [2.45, 2.75) is 55.9 Å². The van der Waals surface area contributed by atoms with Crippen LogP contribution in [-0.4, -0.2) is 43.9 Å². The minimum absolute atomic E-state index is 0.481. The van der Waals surface area contributed by atoms with Crippen LogP contribution in [-0.2, 0) is 4.74 Å². The summed E-state index contributed by atoms with van der Waals surface area (Å²) in [5, 5.41) is 4.61. The Labute approximate surface area is 110 Å². The van der Waals surface area contributed by atoms with Crippen molar-refractivity contribution >= 4 is 11.8 Å². The molecule has 3 atom stereocenters. The summed E-state index contributed by atoms with van der Waals surface area (Å²) in [4.78, 5) is 0. The summed E-state index contributed by atoms with van der Waals surface area (Å²) in [6.45, 7) is 1.58. The first-order valence-corrected chi connectivity index (χ1v) is 8.06. The van der Waals surface area contributed by atoms with Crippen molar-refractivity contribution in [3.05, 3.63) is 0 Å². The van der Waals surface area contributed by atoms with Gasteiger partial charge in [-0.15, -0.1) is 0 Å². The zero-order chi connectivity index (χ0) is 12.5. The number of nitrogens with two attached hydrogens (primary N) is 1. The molecule has 0 aromatic heterocycles. The lowest BCUT2D eigenvalue weighted by molar-refractivity contribution is 0.151. The van der Waals surface area contributed by atoms with E-state index in [1.165, 1.54) is 25.7 Å². The van der Waals surface area contributed by atoms with Crippen molar-refractivity contribution < 1.29 is 4.74 Å². The van der Waals surface area contributed by atoms with E-state index in [0.29, 0.717) is 12.1 Å². The Morgan fingerprint density at radius 2 is 2.29 bits per heavy atom. The molecule has 0 saturated heterocycles. The number of hydrogen-bond acceptors (Lipinski definition) is 4. The van der Waals surface area contributed by atoms with Gasteiger partial charge in [0.25, 0.3) is 0 Å². The zero-order valence-electron chi connectivity index (χ0n) is 11.3. The third kappa shape index (κ3) is 6.09. The number of methoxy groups -OCH3 is 1. The van der Waals surface area contributed by atoms with Crippen LogP contribution < -0.4 is 11.1 Å². The van der Waals surface area contributed by atoms with Crippen molar-refractivity contribution in [1.29, 1.82) is 0 Å². The molecule has 0 heterocycles. The first-order chi connectivity index (χ1) is 8.30. The average Bonchev–Trinajstić information content (AvgIpc) is 2.36. The number of hydrogen-bond donors (Lipinski definition) is 2. The fraction of sp³-hybridized carbons (Fsp3) is 1.00. The van der Waals surface area contributed by atoms with E-state index >= 15 is 0 Å². The average molecular weight is 260 g/mol. The van der Waals surface area contributed by atoms with Crippen LogP contribution in [0, 0.1) is 0 Å². The summed E-state index contributed by atoms with van der Waals surface area (Å²) >= 11 is 2.02. The summed E-state index contributed by atoms with van der Waals surface area (Å²) in [5.74, 6) is 0. The van der Waals surface area contributed by atoms with E-state index < -0.39 is 0 Å². The molecular formula is C13H28N2OS. The Morgan fingerprint density at radius 1 is 1.47 bits per heavy atom. The lowest BCUT2D eigenvalue weighted by atomic mass is 9.94. The monoisotopic (exact) mass is 260 g/mol. The molecule has 0 aromatic carbocycles. The molecule has 3 N–H and O–H groups in total. The van der Waals surface area contributed by atoms with E-state index in [0.717, 1.165) is 31.2 Å². The summed E-state index contributed by atoms with van der Waals surface area (Å²) in [6, 6.07) is 1.16. The Balaban J connectivity index is 2.31. The van der Waals surface area contributed by atoms with Gasteiger partial charge in [-0.3, -0.25) is 0 Å². The van der Waals surface area contributed by atoms with Crippen LogP contribution in [0.25, 0.3) is 0 Å². The minimum Gasteiger partial charge on any atom is -0.383 e. The highest BCUT2D eigenvalue weighted by Gasteiger charge is 2.23. The molecule has 0 spiro atoms. The van der Waals surface area contributed by atoms with Crippen molar-refractivity contribution in [2.24, 2.45) is 5.73 Å². The summed E-state index contributed by atoms with van der Waals surface area (Å²) in [6.07, 6.45) is 9.82. The molecule has 1 fully saturated rings. The molecule has 4 heteroatoms. The van der Waals surface area contributed by atoms with Gasteiger partial charge in [0, 0.05) is 24.4 Å². The first kappa shape index (κ1) is 15.3. The summed E-state index contributed by atoms with van der Waals surface area (Å²) < 4.78 is 5.29. The topological polar surface area (TPSA) is 47.3 Å². The van der Waals surface area contributed by atoms with Gasteiger partial charge in [0.05, 0.1) is 6.61 Å². The van der Waals surface area contributed by atoms with E-state index in [1.54, 1.807) is 7.11 Å². The van der Waals surface area contributed by atoms with E-state index in [2.05, 4.69) is 11.6 Å². The molecule has 17 heavy (non-hydrogen) atoms. The Morgan fingerprint density at radius 3 is 2.94 bits per heavy atom. The molecule has 0 amide bonds. The van der Waals surface area contributed by atoms with Crippen LogP contribution >= 0.6 is 11.8 Å². The fourth-order valence-corrected chi connectivity index (χ4v) is 3.45. The SMILES string of the molecule is COCC(CCCN)NC1CCCC(SC)C1. The Kier molecular flexibility index (Phi) is 8.27. The maximum atomic E-state index is 5.58. The molecule has 3 unspecified atom stereocenters. The van der Waals surface area contributed by atoms with E-state index in [9.17, 15) is 0 Å². The molecule has 3 nitrogen and oxygen atoms in total. The highest BCUT2D eigenvalue weighted by atomic mass is 32.2. The second kappa shape index (κ2) is 9.20. The zero-order valence-corrected chi connectivity index (χ0v) is 12.1. The van der Waals surface area contributed by atoms with Gasteiger partial charge in [0.1, 0.15) is 0 Å². The normalized spacial score (nSPS) is 27.0. The fourth-order valence-electron chi connectivity index (χ4n) is 2.62. The molecule has 0 radical (unpaired) electrons. The van der Waals surface area contributed by atoms with Crippen molar-refractivity contribution in [3.63, 3.8) is 0 Å². The maximum absolute atomic E-state index is 5.58. The van der Waals surface area contributed by atoms with Crippen LogP contribution in [0.2, 0.25) is 0 Å². The summed E-state index contributed by atoms with van der Waals surface area (Å²) in [7, 11) is 1.78. The quantitative estimate of drug-likeness (QED) is 0.701. The molecule has 0 aliphatic heterocycles.